The molecule has 0 amide bonds. The largest absolute Gasteiger partial charge is 0.501 e. The Balaban J connectivity index is 1.71. The van der Waals surface area contributed by atoms with Gasteiger partial charge < -0.3 is 14.9 Å². The van der Waals surface area contributed by atoms with Crippen LogP contribution in [0.4, 0.5) is 14.6 Å². The van der Waals surface area contributed by atoms with Crippen molar-refractivity contribution in [1.29, 1.82) is 0 Å². The molecule has 3 aromatic heterocycles. The van der Waals surface area contributed by atoms with E-state index in [4.69, 9.17) is 14.9 Å². The van der Waals surface area contributed by atoms with Crippen LogP contribution in [-0.4, -0.2) is 9.97 Å². The fraction of sp³-hybridized carbons (Fsp3) is 0.100. The first-order valence-electron chi connectivity index (χ1n) is 8.58. The molecule has 146 valence electrons. The molecule has 4 aromatic rings. The fourth-order valence-electron chi connectivity index (χ4n) is 2.96. The summed E-state index contributed by atoms with van der Waals surface area (Å²) in [5.74, 6) is -1.06. The number of nitrogen functional groups attached to an aromatic ring is 1. The maximum Gasteiger partial charge on any atom is 0.501 e. The van der Waals surface area contributed by atoms with Gasteiger partial charge >= 0.3 is 11.6 Å². The number of hydrogen-bond acceptors (Lipinski definition) is 6. The number of nitrogens with two attached hydrogens (primary N) is 1. The number of nitrogens with zero attached hydrogens (tertiary/aromatic N) is 2. The first kappa shape index (κ1) is 18.5. The minimum atomic E-state index is -0.654. The molecule has 1 aromatic carbocycles. The van der Waals surface area contributed by atoms with Crippen molar-refractivity contribution in [3.63, 3.8) is 0 Å². The standard InChI is InChI=1S/C20H14F2N4O3/c1-10-14-3-2-13(28-20-25-8-12(21)9-26-20)7-16(14)29-19(27)15(10)6-11-4-5-24-18(23)17(11)22/h2-5,7-9H,6H2,1H3,(H2,23,24)/p+1. The number of halogens is 2. The first-order valence-corrected chi connectivity index (χ1v) is 8.58. The van der Waals surface area contributed by atoms with Crippen LogP contribution in [0, 0.1) is 18.6 Å². The van der Waals surface area contributed by atoms with Crippen LogP contribution >= 0.6 is 0 Å². The molecule has 3 heterocycles. The molecule has 0 atom stereocenters. The molecule has 0 aliphatic heterocycles. The number of aryl methyl sites for hydroxylation is 1. The molecule has 3 N–H and O–H groups in total. The number of aromatic amines is 1. The van der Waals surface area contributed by atoms with Gasteiger partial charge in [-0.2, -0.15) is 4.39 Å². The minimum absolute atomic E-state index is 0.0232. The van der Waals surface area contributed by atoms with E-state index in [0.29, 0.717) is 27.8 Å². The predicted octanol–water partition coefficient (Wildman–Crippen LogP) is 2.95. The lowest BCUT2D eigenvalue weighted by molar-refractivity contribution is -0.399. The van der Waals surface area contributed by atoms with Crippen molar-refractivity contribution in [2.45, 2.75) is 13.3 Å². The van der Waals surface area contributed by atoms with Crippen LogP contribution in [0.25, 0.3) is 11.0 Å². The van der Waals surface area contributed by atoms with Gasteiger partial charge in [0.1, 0.15) is 17.5 Å². The number of fused-ring (bicyclic) bond motifs is 1. The molecular weight excluding hydrogens is 382 g/mol. The molecule has 0 aliphatic rings. The van der Waals surface area contributed by atoms with Gasteiger partial charge in [-0.15, -0.1) is 0 Å². The van der Waals surface area contributed by atoms with E-state index >= 15 is 0 Å². The highest BCUT2D eigenvalue weighted by molar-refractivity contribution is 5.82. The molecule has 0 saturated heterocycles. The number of pyridine rings is 1. The number of anilines is 1. The van der Waals surface area contributed by atoms with Gasteiger partial charge in [-0.3, -0.25) is 0 Å². The minimum Gasteiger partial charge on any atom is -0.422 e. The molecule has 0 saturated carbocycles. The normalized spacial score (nSPS) is 11.0. The second-order valence-electron chi connectivity index (χ2n) is 6.34. The molecule has 0 unspecified atom stereocenters. The van der Waals surface area contributed by atoms with E-state index in [1.165, 1.54) is 18.3 Å². The zero-order valence-electron chi connectivity index (χ0n) is 15.2. The first-order chi connectivity index (χ1) is 13.9. The van der Waals surface area contributed by atoms with Gasteiger partial charge in [0.25, 0.3) is 0 Å². The van der Waals surface area contributed by atoms with Gasteiger partial charge in [-0.1, -0.05) is 0 Å². The zero-order valence-corrected chi connectivity index (χ0v) is 15.2. The Morgan fingerprint density at radius 1 is 1.24 bits per heavy atom. The molecule has 7 nitrogen and oxygen atoms in total. The lowest BCUT2D eigenvalue weighted by Gasteiger charge is -2.10. The Hall–Kier alpha value is -3.88. The van der Waals surface area contributed by atoms with E-state index in [0.717, 1.165) is 12.4 Å². The van der Waals surface area contributed by atoms with Crippen molar-refractivity contribution in [1.82, 2.24) is 9.97 Å². The predicted molar refractivity (Wildman–Crippen MR) is 99.5 cm³/mol. The summed E-state index contributed by atoms with van der Waals surface area (Å²) in [6.45, 7) is 1.76. The number of rotatable bonds is 4. The van der Waals surface area contributed by atoms with Crippen LogP contribution in [0.15, 0.2) is 52.1 Å². The molecule has 0 spiro atoms. The van der Waals surface area contributed by atoms with Crippen molar-refractivity contribution in [2.24, 2.45) is 0 Å². The highest BCUT2D eigenvalue weighted by Gasteiger charge is 2.17. The topological polar surface area (TPSA) is 105 Å². The average Bonchev–Trinajstić information content (AvgIpc) is 2.70. The van der Waals surface area contributed by atoms with Gasteiger partial charge in [0.2, 0.25) is 5.82 Å². The summed E-state index contributed by atoms with van der Waals surface area (Å²) < 4.78 is 38.0. The van der Waals surface area contributed by atoms with Crippen LogP contribution in [0.2, 0.25) is 0 Å². The van der Waals surface area contributed by atoms with Gasteiger partial charge in [-0.25, -0.2) is 19.2 Å². The smallest absolute Gasteiger partial charge is 0.422 e. The highest BCUT2D eigenvalue weighted by Crippen LogP contribution is 2.27. The highest BCUT2D eigenvalue weighted by atomic mass is 19.1. The summed E-state index contributed by atoms with van der Waals surface area (Å²) in [4.78, 5) is 22.5. The molecule has 4 rings (SSSR count). The van der Waals surface area contributed by atoms with Crippen LogP contribution in [0.5, 0.6) is 11.8 Å². The summed E-state index contributed by atoms with van der Waals surface area (Å²) in [5.41, 5.74) is 6.44. The average molecular weight is 397 g/mol. The molecule has 9 heteroatoms. The van der Waals surface area contributed by atoms with Crippen LogP contribution in [0.1, 0.15) is 16.7 Å². The summed E-state index contributed by atoms with van der Waals surface area (Å²) in [7, 11) is 0. The summed E-state index contributed by atoms with van der Waals surface area (Å²) in [6, 6.07) is 6.44. The number of hydrogen-bond donors (Lipinski definition) is 1. The Kier molecular flexibility index (Phi) is 4.63. The van der Waals surface area contributed by atoms with Crippen LogP contribution < -0.4 is 21.1 Å². The lowest BCUT2D eigenvalue weighted by atomic mass is 10.00. The molecular formula is C20H15F2N4O3+. The number of benzene rings is 1. The summed E-state index contributed by atoms with van der Waals surface area (Å²) in [5, 5.41) is 0.672. The number of H-pyrrole nitrogens is 1. The Morgan fingerprint density at radius 2 is 2.07 bits per heavy atom. The molecule has 29 heavy (non-hydrogen) atoms. The van der Waals surface area contributed by atoms with Crippen molar-refractivity contribution in [3.05, 3.63) is 81.6 Å². The van der Waals surface area contributed by atoms with Crippen molar-refractivity contribution in [2.75, 3.05) is 5.73 Å². The maximum absolute atomic E-state index is 14.2. The summed E-state index contributed by atoms with van der Waals surface area (Å²) >= 11 is 0. The van der Waals surface area contributed by atoms with Crippen LogP contribution in [0.3, 0.4) is 0 Å². The Bertz CT molecular complexity index is 1270. The summed E-state index contributed by atoms with van der Waals surface area (Å²) in [6.07, 6.45) is 3.52. The number of ether oxygens (including phenoxy) is 1. The van der Waals surface area contributed by atoms with Gasteiger partial charge in [0, 0.05) is 29.6 Å². The number of nitrogens with one attached hydrogen (secondary N) is 1. The van der Waals surface area contributed by atoms with E-state index in [-0.39, 0.29) is 23.8 Å². The van der Waals surface area contributed by atoms with E-state index in [1.807, 2.05) is 0 Å². The van der Waals surface area contributed by atoms with E-state index < -0.39 is 17.3 Å². The van der Waals surface area contributed by atoms with E-state index in [1.54, 1.807) is 19.1 Å². The maximum atomic E-state index is 14.2. The van der Waals surface area contributed by atoms with Gasteiger partial charge in [0.15, 0.2) is 17.8 Å². The fourth-order valence-corrected chi connectivity index (χ4v) is 2.96. The van der Waals surface area contributed by atoms with E-state index in [9.17, 15) is 13.6 Å². The van der Waals surface area contributed by atoms with Gasteiger partial charge in [-0.05, 0) is 41.2 Å². The third-order valence-corrected chi connectivity index (χ3v) is 4.48. The second-order valence-corrected chi connectivity index (χ2v) is 6.34. The molecule has 0 radical (unpaired) electrons. The SMILES string of the molecule is Cc1c(Cc2ccnc(N)c2F)c(=O)oc2cc(Oc3ncc(F)c[nH+]3)ccc12. The third kappa shape index (κ3) is 3.62. The van der Waals surface area contributed by atoms with Crippen molar-refractivity contribution in [3.8, 4) is 11.8 Å². The number of aromatic nitrogens is 3. The quantitative estimate of drug-likeness (QED) is 0.531. The van der Waals surface area contributed by atoms with Crippen molar-refractivity contribution >= 4 is 16.8 Å². The second kappa shape index (κ2) is 7.27. The van der Waals surface area contributed by atoms with Crippen molar-refractivity contribution < 1.29 is 22.9 Å². The Morgan fingerprint density at radius 3 is 2.83 bits per heavy atom. The lowest BCUT2D eigenvalue weighted by Crippen LogP contribution is -2.12. The Labute approximate surface area is 162 Å². The zero-order chi connectivity index (χ0) is 20.5. The third-order valence-electron chi connectivity index (χ3n) is 4.48. The molecule has 0 fully saturated rings. The van der Waals surface area contributed by atoms with E-state index in [2.05, 4.69) is 15.0 Å². The van der Waals surface area contributed by atoms with Crippen LogP contribution in [-0.2, 0) is 6.42 Å². The van der Waals surface area contributed by atoms with Gasteiger partial charge in [0.05, 0.1) is 0 Å². The molecule has 0 aliphatic carbocycles. The molecule has 0 bridgehead atoms. The monoisotopic (exact) mass is 397 g/mol.